The van der Waals surface area contributed by atoms with Crippen LogP contribution in [-0.4, -0.2) is 17.7 Å². The molecule has 0 aliphatic heterocycles. The number of fused-ring (bicyclic) bond motifs is 1. The molecule has 1 heterocycles. The van der Waals surface area contributed by atoms with Gasteiger partial charge in [-0.1, -0.05) is 6.92 Å². The maximum atomic E-state index is 11.8. The first-order chi connectivity index (χ1) is 10.9. The van der Waals surface area contributed by atoms with Gasteiger partial charge in [0.1, 0.15) is 5.58 Å². The highest BCUT2D eigenvalue weighted by atomic mass is 32.2. The first-order valence-electron chi connectivity index (χ1n) is 7.81. The van der Waals surface area contributed by atoms with E-state index in [4.69, 9.17) is 4.42 Å². The second-order valence-electron chi connectivity index (χ2n) is 5.89. The minimum Gasteiger partial charge on any atom is -0.423 e. The molecule has 1 aromatic carbocycles. The van der Waals surface area contributed by atoms with Crippen molar-refractivity contribution < 1.29 is 9.21 Å². The SMILES string of the molecule is CC[C@H](C)NC(=O)CSCc1cc(=O)oc2cc(C)c(C)cc12. The molecule has 0 unspecified atom stereocenters. The van der Waals surface area contributed by atoms with Gasteiger partial charge in [0.15, 0.2) is 0 Å². The molecule has 4 nitrogen and oxygen atoms in total. The Morgan fingerprint density at radius 2 is 1.96 bits per heavy atom. The third kappa shape index (κ3) is 4.61. The Hall–Kier alpha value is -1.75. The van der Waals surface area contributed by atoms with Gasteiger partial charge in [-0.15, -0.1) is 11.8 Å². The van der Waals surface area contributed by atoms with Crippen molar-refractivity contribution in [3.63, 3.8) is 0 Å². The van der Waals surface area contributed by atoms with Crippen LogP contribution in [0.15, 0.2) is 27.4 Å². The quantitative estimate of drug-likeness (QED) is 0.821. The smallest absolute Gasteiger partial charge is 0.336 e. The topological polar surface area (TPSA) is 59.3 Å². The van der Waals surface area contributed by atoms with Gasteiger partial charge in [-0.3, -0.25) is 4.79 Å². The van der Waals surface area contributed by atoms with Crippen LogP contribution in [0.2, 0.25) is 0 Å². The lowest BCUT2D eigenvalue weighted by molar-refractivity contribution is -0.119. The van der Waals surface area contributed by atoms with Gasteiger partial charge in [0, 0.05) is 23.2 Å². The number of thioether (sulfide) groups is 1. The van der Waals surface area contributed by atoms with E-state index in [1.807, 2.05) is 39.8 Å². The van der Waals surface area contributed by atoms with Gasteiger partial charge in [-0.2, -0.15) is 0 Å². The minimum absolute atomic E-state index is 0.0312. The zero-order valence-electron chi connectivity index (χ0n) is 14.1. The second kappa shape index (κ2) is 7.68. The first kappa shape index (κ1) is 17.6. The van der Waals surface area contributed by atoms with E-state index in [9.17, 15) is 9.59 Å². The molecule has 1 amide bonds. The van der Waals surface area contributed by atoms with E-state index in [1.165, 1.54) is 17.8 Å². The molecule has 2 aromatic rings. The lowest BCUT2D eigenvalue weighted by Gasteiger charge is -2.11. The molecule has 0 aliphatic rings. The summed E-state index contributed by atoms with van der Waals surface area (Å²) in [5.41, 5.74) is 3.44. The van der Waals surface area contributed by atoms with E-state index >= 15 is 0 Å². The van der Waals surface area contributed by atoms with Crippen molar-refractivity contribution in [3.8, 4) is 0 Å². The van der Waals surface area contributed by atoms with Crippen LogP contribution in [0.3, 0.4) is 0 Å². The van der Waals surface area contributed by atoms with E-state index in [0.717, 1.165) is 28.5 Å². The van der Waals surface area contributed by atoms with Gasteiger partial charge in [0.2, 0.25) is 5.91 Å². The summed E-state index contributed by atoms with van der Waals surface area (Å²) in [6.45, 7) is 8.06. The molecule has 1 aromatic heterocycles. The van der Waals surface area contributed by atoms with Gasteiger partial charge in [-0.25, -0.2) is 4.79 Å². The summed E-state index contributed by atoms with van der Waals surface area (Å²) >= 11 is 1.51. The number of nitrogens with one attached hydrogen (secondary N) is 1. The summed E-state index contributed by atoms with van der Waals surface area (Å²) in [6, 6.07) is 5.66. The summed E-state index contributed by atoms with van der Waals surface area (Å²) < 4.78 is 5.29. The Bertz CT molecular complexity index is 767. The van der Waals surface area contributed by atoms with Crippen LogP contribution in [0.25, 0.3) is 11.0 Å². The predicted molar refractivity (Wildman–Crippen MR) is 96.0 cm³/mol. The molecule has 1 atom stereocenters. The van der Waals surface area contributed by atoms with Crippen LogP contribution >= 0.6 is 11.8 Å². The Labute approximate surface area is 140 Å². The fourth-order valence-electron chi connectivity index (χ4n) is 2.27. The van der Waals surface area contributed by atoms with Crippen LogP contribution in [0.5, 0.6) is 0 Å². The fourth-order valence-corrected chi connectivity index (χ4v) is 3.10. The van der Waals surface area contributed by atoms with Gasteiger partial charge < -0.3 is 9.73 Å². The highest BCUT2D eigenvalue weighted by Gasteiger charge is 2.10. The van der Waals surface area contributed by atoms with Crippen LogP contribution in [-0.2, 0) is 10.5 Å². The van der Waals surface area contributed by atoms with Crippen LogP contribution in [0.1, 0.15) is 37.0 Å². The van der Waals surface area contributed by atoms with Gasteiger partial charge in [0.25, 0.3) is 0 Å². The summed E-state index contributed by atoms with van der Waals surface area (Å²) in [5, 5.41) is 3.89. The van der Waals surface area contributed by atoms with Crippen molar-refractivity contribution >= 4 is 28.6 Å². The first-order valence-corrected chi connectivity index (χ1v) is 8.97. The number of amides is 1. The van der Waals surface area contributed by atoms with Crippen LogP contribution in [0.4, 0.5) is 0 Å². The van der Waals surface area contributed by atoms with Crippen molar-refractivity contribution in [2.45, 2.75) is 45.9 Å². The average molecular weight is 333 g/mol. The second-order valence-corrected chi connectivity index (χ2v) is 6.88. The average Bonchev–Trinajstić information content (AvgIpc) is 2.48. The Morgan fingerprint density at radius 3 is 2.65 bits per heavy atom. The number of carbonyl (C=O) groups excluding carboxylic acids is 1. The zero-order chi connectivity index (χ0) is 17.0. The third-order valence-corrected chi connectivity index (χ3v) is 4.94. The zero-order valence-corrected chi connectivity index (χ0v) is 14.9. The summed E-state index contributed by atoms with van der Waals surface area (Å²) in [4.78, 5) is 23.5. The number of hydrogen-bond donors (Lipinski definition) is 1. The van der Waals surface area contributed by atoms with Crippen molar-refractivity contribution in [2.75, 3.05) is 5.75 Å². The summed E-state index contributed by atoms with van der Waals surface area (Å²) in [7, 11) is 0. The highest BCUT2D eigenvalue weighted by molar-refractivity contribution is 7.99. The van der Waals surface area contributed by atoms with E-state index in [2.05, 4.69) is 5.32 Å². The van der Waals surface area contributed by atoms with Crippen molar-refractivity contribution in [1.82, 2.24) is 5.32 Å². The molecule has 0 aliphatic carbocycles. The van der Waals surface area contributed by atoms with Gasteiger partial charge in [-0.05, 0) is 56.0 Å². The maximum Gasteiger partial charge on any atom is 0.336 e. The summed E-state index contributed by atoms with van der Waals surface area (Å²) in [5.74, 6) is 1.03. The number of benzene rings is 1. The third-order valence-electron chi connectivity index (χ3n) is 3.95. The highest BCUT2D eigenvalue weighted by Crippen LogP contribution is 2.24. The van der Waals surface area contributed by atoms with E-state index in [0.29, 0.717) is 17.1 Å². The Morgan fingerprint density at radius 1 is 1.26 bits per heavy atom. The lowest BCUT2D eigenvalue weighted by atomic mass is 10.0. The number of aryl methyl sites for hydroxylation is 2. The van der Waals surface area contributed by atoms with E-state index < -0.39 is 0 Å². The molecule has 0 radical (unpaired) electrons. The molecule has 0 saturated carbocycles. The molecular weight excluding hydrogens is 310 g/mol. The lowest BCUT2D eigenvalue weighted by Crippen LogP contribution is -2.33. The fraction of sp³-hybridized carbons (Fsp3) is 0.444. The van der Waals surface area contributed by atoms with Crippen LogP contribution in [0, 0.1) is 13.8 Å². The Balaban J connectivity index is 2.12. The molecule has 0 bridgehead atoms. The molecule has 0 fully saturated rings. The van der Waals surface area contributed by atoms with Gasteiger partial charge in [0.05, 0.1) is 5.75 Å². The molecular formula is C18H23NO3S. The molecule has 0 saturated heterocycles. The summed E-state index contributed by atoms with van der Waals surface area (Å²) in [6.07, 6.45) is 0.916. The Kier molecular flexibility index (Phi) is 5.88. The molecule has 2 rings (SSSR count). The van der Waals surface area contributed by atoms with E-state index in [1.54, 1.807) is 0 Å². The maximum absolute atomic E-state index is 11.8. The molecule has 1 N–H and O–H groups in total. The molecule has 5 heteroatoms. The molecule has 124 valence electrons. The van der Waals surface area contributed by atoms with Crippen molar-refractivity contribution in [2.24, 2.45) is 0 Å². The number of rotatable bonds is 6. The van der Waals surface area contributed by atoms with Crippen molar-refractivity contribution in [3.05, 3.63) is 45.3 Å². The largest absolute Gasteiger partial charge is 0.423 e. The standard InChI is InChI=1S/C18H23NO3S/c1-5-13(4)19-17(20)10-23-9-14-8-18(21)22-16-7-12(3)11(2)6-15(14)16/h6-8,13H,5,9-10H2,1-4H3,(H,19,20)/t13-/m0/s1. The molecule has 0 spiro atoms. The normalized spacial score (nSPS) is 12.3. The van der Waals surface area contributed by atoms with E-state index in [-0.39, 0.29) is 17.6 Å². The predicted octanol–water partition coefficient (Wildman–Crippen LogP) is 3.56. The van der Waals surface area contributed by atoms with Gasteiger partial charge >= 0.3 is 5.63 Å². The molecule has 23 heavy (non-hydrogen) atoms. The monoisotopic (exact) mass is 333 g/mol. The minimum atomic E-state index is -0.347. The number of carbonyl (C=O) groups is 1. The van der Waals surface area contributed by atoms with Crippen LogP contribution < -0.4 is 10.9 Å². The number of hydrogen-bond acceptors (Lipinski definition) is 4. The van der Waals surface area contributed by atoms with Crippen molar-refractivity contribution in [1.29, 1.82) is 0 Å².